The Hall–Kier alpha value is -2.65. The summed E-state index contributed by atoms with van der Waals surface area (Å²) in [5.41, 5.74) is 3.74. The molecule has 0 amide bonds. The second kappa shape index (κ2) is 7.49. The Bertz CT molecular complexity index is 802. The zero-order valence-electron chi connectivity index (χ0n) is 14.3. The minimum absolute atomic E-state index is 0.417. The Morgan fingerprint density at radius 3 is 2.48 bits per heavy atom. The molecular weight excluding hydrogens is 306 g/mol. The largest absolute Gasteiger partial charge is 0.340 e. The number of benzene rings is 2. The van der Waals surface area contributed by atoms with Crippen LogP contribution in [0.1, 0.15) is 30.0 Å². The second-order valence-electron chi connectivity index (χ2n) is 6.55. The fraction of sp³-hybridized carbons (Fsp3) is 0.227. The summed E-state index contributed by atoms with van der Waals surface area (Å²) < 4.78 is 0. The number of aromatic nitrogens is 1. The molecule has 1 saturated heterocycles. The van der Waals surface area contributed by atoms with E-state index in [4.69, 9.17) is 0 Å². The van der Waals surface area contributed by atoms with Crippen molar-refractivity contribution in [2.75, 3.05) is 11.9 Å². The van der Waals surface area contributed by atoms with Crippen LogP contribution < -0.4 is 5.32 Å². The first-order chi connectivity index (χ1) is 12.4. The van der Waals surface area contributed by atoms with Gasteiger partial charge in [0.05, 0.1) is 0 Å². The molecule has 3 nitrogen and oxygen atoms in total. The molecule has 0 bridgehead atoms. The molecule has 0 saturated carbocycles. The van der Waals surface area contributed by atoms with Crippen LogP contribution in [0.4, 0.5) is 11.5 Å². The van der Waals surface area contributed by atoms with Crippen molar-refractivity contribution in [1.82, 2.24) is 9.88 Å². The van der Waals surface area contributed by atoms with E-state index in [9.17, 15) is 0 Å². The number of hydrogen-bond donors (Lipinski definition) is 1. The van der Waals surface area contributed by atoms with Crippen molar-refractivity contribution in [3.63, 3.8) is 0 Å². The Balaban J connectivity index is 1.58. The molecule has 1 aliphatic rings. The number of nitrogens with one attached hydrogen (secondary N) is 1. The van der Waals surface area contributed by atoms with Gasteiger partial charge >= 0.3 is 0 Å². The first-order valence-electron chi connectivity index (χ1n) is 8.95. The molecule has 25 heavy (non-hydrogen) atoms. The average molecular weight is 329 g/mol. The molecule has 0 spiro atoms. The zero-order valence-corrected chi connectivity index (χ0v) is 14.3. The van der Waals surface area contributed by atoms with Crippen molar-refractivity contribution in [3.05, 3.63) is 90.1 Å². The summed E-state index contributed by atoms with van der Waals surface area (Å²) in [6.45, 7) is 2.13. The van der Waals surface area contributed by atoms with E-state index in [1.165, 1.54) is 24.0 Å². The molecule has 3 aromatic rings. The quantitative estimate of drug-likeness (QED) is 0.700. The predicted octanol–water partition coefficient (Wildman–Crippen LogP) is 5.16. The highest BCUT2D eigenvalue weighted by Gasteiger charge is 2.28. The van der Waals surface area contributed by atoms with Gasteiger partial charge in [-0.2, -0.15) is 0 Å². The maximum atomic E-state index is 4.62. The first-order valence-corrected chi connectivity index (χ1v) is 8.95. The minimum atomic E-state index is 0.417. The molecule has 2 heterocycles. The molecule has 0 aliphatic carbocycles. The number of rotatable bonds is 5. The highest BCUT2D eigenvalue weighted by Crippen LogP contribution is 2.36. The molecule has 0 radical (unpaired) electrons. The lowest BCUT2D eigenvalue weighted by atomic mass is 10.0. The Morgan fingerprint density at radius 1 is 0.920 bits per heavy atom. The van der Waals surface area contributed by atoms with Crippen molar-refractivity contribution < 1.29 is 0 Å². The van der Waals surface area contributed by atoms with Gasteiger partial charge in [-0.05, 0) is 43.1 Å². The van der Waals surface area contributed by atoms with E-state index < -0.39 is 0 Å². The molecule has 3 heteroatoms. The van der Waals surface area contributed by atoms with Gasteiger partial charge in [0.25, 0.3) is 0 Å². The number of para-hydroxylation sites is 1. The van der Waals surface area contributed by atoms with E-state index in [-0.39, 0.29) is 0 Å². The molecule has 2 aromatic carbocycles. The van der Waals surface area contributed by atoms with Gasteiger partial charge in [0.2, 0.25) is 0 Å². The third-order valence-electron chi connectivity index (χ3n) is 4.83. The summed E-state index contributed by atoms with van der Waals surface area (Å²) in [4.78, 5) is 7.19. The van der Waals surface area contributed by atoms with E-state index in [1.54, 1.807) is 0 Å². The first kappa shape index (κ1) is 15.9. The lowest BCUT2D eigenvalue weighted by Gasteiger charge is -2.26. The van der Waals surface area contributed by atoms with E-state index in [0.29, 0.717) is 6.04 Å². The molecule has 1 fully saturated rings. The van der Waals surface area contributed by atoms with Gasteiger partial charge in [0, 0.05) is 30.0 Å². The monoisotopic (exact) mass is 329 g/mol. The molecule has 1 unspecified atom stereocenters. The van der Waals surface area contributed by atoms with Crippen molar-refractivity contribution in [1.29, 1.82) is 0 Å². The van der Waals surface area contributed by atoms with Crippen LogP contribution in [0.25, 0.3) is 0 Å². The van der Waals surface area contributed by atoms with Crippen molar-refractivity contribution in [2.45, 2.75) is 25.4 Å². The summed E-state index contributed by atoms with van der Waals surface area (Å²) in [6, 6.07) is 25.7. The number of anilines is 2. The van der Waals surface area contributed by atoms with Crippen LogP contribution >= 0.6 is 0 Å². The second-order valence-corrected chi connectivity index (χ2v) is 6.55. The van der Waals surface area contributed by atoms with Gasteiger partial charge in [-0.25, -0.2) is 4.98 Å². The highest BCUT2D eigenvalue weighted by molar-refractivity contribution is 5.59. The average Bonchev–Trinajstić information content (AvgIpc) is 3.12. The molecular formula is C22H23N3. The smallest absolute Gasteiger partial charge is 0.135 e. The molecule has 126 valence electrons. The van der Waals surface area contributed by atoms with Gasteiger partial charge in [-0.15, -0.1) is 0 Å². The van der Waals surface area contributed by atoms with Crippen molar-refractivity contribution in [2.24, 2.45) is 0 Å². The highest BCUT2D eigenvalue weighted by atomic mass is 15.2. The van der Waals surface area contributed by atoms with Gasteiger partial charge in [0.1, 0.15) is 5.82 Å². The van der Waals surface area contributed by atoms with Gasteiger partial charge < -0.3 is 5.32 Å². The molecule has 4 rings (SSSR count). The SMILES string of the molecule is c1ccc(CN2CCCC2c2cccnc2Nc2ccccc2)cc1. The van der Waals surface area contributed by atoms with E-state index >= 15 is 0 Å². The lowest BCUT2D eigenvalue weighted by Crippen LogP contribution is -2.23. The van der Waals surface area contributed by atoms with E-state index in [1.807, 2.05) is 30.5 Å². The van der Waals surface area contributed by atoms with Crippen LogP contribution in [0, 0.1) is 0 Å². The van der Waals surface area contributed by atoms with Gasteiger partial charge in [-0.3, -0.25) is 4.90 Å². The predicted molar refractivity (Wildman–Crippen MR) is 103 cm³/mol. The Kier molecular flexibility index (Phi) is 4.75. The summed E-state index contributed by atoms with van der Waals surface area (Å²) in [7, 11) is 0. The fourth-order valence-electron chi connectivity index (χ4n) is 3.63. The molecule has 1 N–H and O–H groups in total. The summed E-state index contributed by atoms with van der Waals surface area (Å²) in [6.07, 6.45) is 4.28. The van der Waals surface area contributed by atoms with Crippen LogP contribution in [0.2, 0.25) is 0 Å². The van der Waals surface area contributed by atoms with Crippen LogP contribution in [-0.4, -0.2) is 16.4 Å². The van der Waals surface area contributed by atoms with Crippen LogP contribution in [0.15, 0.2) is 79.0 Å². The molecule has 1 atom stereocenters. The number of likely N-dealkylation sites (tertiary alicyclic amines) is 1. The van der Waals surface area contributed by atoms with Gasteiger partial charge in [-0.1, -0.05) is 54.6 Å². The molecule has 1 aliphatic heterocycles. The standard InChI is InChI=1S/C22H23N3/c1-3-9-18(10-4-1)17-25-16-8-14-21(25)20-13-7-15-23-22(20)24-19-11-5-2-6-12-19/h1-7,9-13,15,21H,8,14,16-17H2,(H,23,24). The maximum Gasteiger partial charge on any atom is 0.135 e. The third kappa shape index (κ3) is 3.72. The fourth-order valence-corrected chi connectivity index (χ4v) is 3.63. The zero-order chi connectivity index (χ0) is 16.9. The van der Waals surface area contributed by atoms with E-state index in [0.717, 1.165) is 24.6 Å². The molecule has 1 aromatic heterocycles. The number of pyridine rings is 1. The summed E-state index contributed by atoms with van der Waals surface area (Å²) in [5.74, 6) is 0.971. The van der Waals surface area contributed by atoms with Crippen LogP contribution in [0.3, 0.4) is 0 Å². The number of nitrogens with zero attached hydrogens (tertiary/aromatic N) is 2. The topological polar surface area (TPSA) is 28.2 Å². The Labute approximate surface area is 149 Å². The van der Waals surface area contributed by atoms with Crippen molar-refractivity contribution in [3.8, 4) is 0 Å². The van der Waals surface area contributed by atoms with Crippen LogP contribution in [0.5, 0.6) is 0 Å². The third-order valence-corrected chi connectivity index (χ3v) is 4.83. The maximum absolute atomic E-state index is 4.62. The van der Waals surface area contributed by atoms with Gasteiger partial charge in [0.15, 0.2) is 0 Å². The summed E-state index contributed by atoms with van der Waals surface area (Å²) in [5, 5.41) is 3.50. The Morgan fingerprint density at radius 2 is 1.68 bits per heavy atom. The van der Waals surface area contributed by atoms with Crippen molar-refractivity contribution >= 4 is 11.5 Å². The minimum Gasteiger partial charge on any atom is -0.340 e. The normalized spacial score (nSPS) is 17.5. The van der Waals surface area contributed by atoms with Crippen LogP contribution in [-0.2, 0) is 6.54 Å². The lowest BCUT2D eigenvalue weighted by molar-refractivity contribution is 0.249. The van der Waals surface area contributed by atoms with E-state index in [2.05, 4.69) is 63.7 Å². The summed E-state index contributed by atoms with van der Waals surface area (Å²) >= 11 is 0. The number of hydrogen-bond acceptors (Lipinski definition) is 3.